The normalized spacial score (nSPS) is 20.8. The Bertz CT molecular complexity index is 523. The van der Waals surface area contributed by atoms with Crippen molar-refractivity contribution in [1.29, 1.82) is 0 Å². The lowest BCUT2D eigenvalue weighted by Gasteiger charge is -2.26. The molecule has 148 valence electrons. The predicted octanol–water partition coefficient (Wildman–Crippen LogP) is 1.24. The van der Waals surface area contributed by atoms with Gasteiger partial charge < -0.3 is 29.8 Å². The third-order valence-electron chi connectivity index (χ3n) is 4.25. The van der Waals surface area contributed by atoms with E-state index in [2.05, 4.69) is 15.6 Å². The Hall–Kier alpha value is -1.57. The molecule has 1 aliphatic rings. The first-order valence-electron chi connectivity index (χ1n) is 9.48. The van der Waals surface area contributed by atoms with Gasteiger partial charge in [0.25, 0.3) is 0 Å². The number of aliphatic hydroxyl groups is 1. The van der Waals surface area contributed by atoms with E-state index in [1.165, 1.54) is 6.42 Å². The maximum absolute atomic E-state index is 10.5. The van der Waals surface area contributed by atoms with Crippen LogP contribution in [0.4, 0.5) is 0 Å². The summed E-state index contributed by atoms with van der Waals surface area (Å²) < 4.78 is 11.1. The monoisotopic (exact) mass is 366 g/mol. The van der Waals surface area contributed by atoms with Crippen LogP contribution in [0.3, 0.4) is 0 Å². The van der Waals surface area contributed by atoms with Crippen molar-refractivity contribution in [3.05, 3.63) is 24.2 Å². The summed E-state index contributed by atoms with van der Waals surface area (Å²) in [7, 11) is 3.89. The molecule has 0 aromatic carbocycles. The van der Waals surface area contributed by atoms with E-state index in [9.17, 15) is 5.11 Å². The molecule has 0 bridgehead atoms. The molecule has 0 amide bonds. The van der Waals surface area contributed by atoms with Crippen LogP contribution in [0.25, 0.3) is 0 Å². The molecular weight excluding hydrogens is 332 g/mol. The van der Waals surface area contributed by atoms with E-state index < -0.39 is 5.60 Å². The number of rotatable bonds is 9. The molecule has 0 spiro atoms. The van der Waals surface area contributed by atoms with E-state index in [1.807, 2.05) is 31.1 Å². The van der Waals surface area contributed by atoms with Gasteiger partial charge in [-0.2, -0.15) is 0 Å². The fourth-order valence-electron chi connectivity index (χ4n) is 3.09. The first-order valence-corrected chi connectivity index (χ1v) is 9.48. The highest BCUT2D eigenvalue weighted by atomic mass is 16.5. The Morgan fingerprint density at radius 2 is 2.23 bits per heavy atom. The van der Waals surface area contributed by atoms with Crippen molar-refractivity contribution < 1.29 is 14.3 Å². The Balaban J connectivity index is 1.86. The quantitative estimate of drug-likeness (QED) is 0.451. The molecule has 2 unspecified atom stereocenters. The van der Waals surface area contributed by atoms with Crippen molar-refractivity contribution in [3.63, 3.8) is 0 Å². The topological polar surface area (TPSA) is 82.3 Å². The minimum absolute atomic E-state index is 0.225. The molecule has 3 N–H and O–H groups in total. The third-order valence-corrected chi connectivity index (χ3v) is 4.25. The zero-order valence-electron chi connectivity index (χ0n) is 16.3. The first-order chi connectivity index (χ1) is 12.4. The molecule has 26 heavy (non-hydrogen) atoms. The molecule has 2 heterocycles. The van der Waals surface area contributed by atoms with Crippen LogP contribution in [0.2, 0.25) is 0 Å². The summed E-state index contributed by atoms with van der Waals surface area (Å²) in [6, 6.07) is 3.85. The van der Waals surface area contributed by atoms with Crippen molar-refractivity contribution in [3.8, 4) is 0 Å². The Kier molecular flexibility index (Phi) is 8.41. The maximum atomic E-state index is 10.5. The van der Waals surface area contributed by atoms with Gasteiger partial charge in [-0.25, -0.2) is 0 Å². The number of nitrogens with one attached hydrogen (secondary N) is 2. The standard InChI is InChI=1S/C19H34N4O3/c1-19(24,15-23(2)3)14-22-18(20-10-9-16-8-6-12-25-16)21-13-17-7-4-5-11-26-17/h6,8,12,17,24H,4-5,7,9-11,13-15H2,1-3H3,(H2,20,21,22). The molecule has 0 saturated carbocycles. The van der Waals surface area contributed by atoms with E-state index in [0.29, 0.717) is 25.6 Å². The van der Waals surface area contributed by atoms with Gasteiger partial charge in [0.2, 0.25) is 0 Å². The molecule has 2 rings (SSSR count). The van der Waals surface area contributed by atoms with Gasteiger partial charge in [0.1, 0.15) is 5.76 Å². The molecule has 2 atom stereocenters. The molecule has 1 aliphatic heterocycles. The highest BCUT2D eigenvalue weighted by Crippen LogP contribution is 2.11. The molecule has 1 aromatic rings. The first kappa shape index (κ1) is 20.7. The number of likely N-dealkylation sites (N-methyl/N-ethyl adjacent to an activating group) is 1. The van der Waals surface area contributed by atoms with Crippen molar-refractivity contribution >= 4 is 5.96 Å². The van der Waals surface area contributed by atoms with Crippen LogP contribution in [0, 0.1) is 0 Å². The lowest BCUT2D eigenvalue weighted by Crippen LogP contribution is -2.45. The second-order valence-electron chi connectivity index (χ2n) is 7.53. The van der Waals surface area contributed by atoms with Gasteiger partial charge in [-0.15, -0.1) is 0 Å². The Morgan fingerprint density at radius 1 is 1.38 bits per heavy atom. The second-order valence-corrected chi connectivity index (χ2v) is 7.53. The van der Waals surface area contributed by atoms with E-state index >= 15 is 0 Å². The number of hydrogen-bond donors (Lipinski definition) is 3. The summed E-state index contributed by atoms with van der Waals surface area (Å²) >= 11 is 0. The van der Waals surface area contributed by atoms with Crippen LogP contribution in [-0.4, -0.2) is 74.6 Å². The van der Waals surface area contributed by atoms with Crippen LogP contribution in [0.15, 0.2) is 27.8 Å². The van der Waals surface area contributed by atoms with Crippen LogP contribution in [0.1, 0.15) is 31.9 Å². The average Bonchev–Trinajstić information content (AvgIpc) is 3.10. The minimum Gasteiger partial charge on any atom is -0.469 e. The van der Waals surface area contributed by atoms with E-state index in [0.717, 1.165) is 38.2 Å². The minimum atomic E-state index is -0.875. The summed E-state index contributed by atoms with van der Waals surface area (Å²) in [6.45, 7) is 4.96. The smallest absolute Gasteiger partial charge is 0.191 e. The molecular formula is C19H34N4O3. The summed E-state index contributed by atoms with van der Waals surface area (Å²) in [5.41, 5.74) is -0.875. The van der Waals surface area contributed by atoms with Crippen molar-refractivity contribution in [2.75, 3.05) is 46.9 Å². The van der Waals surface area contributed by atoms with Gasteiger partial charge >= 0.3 is 0 Å². The molecule has 0 radical (unpaired) electrons. The largest absolute Gasteiger partial charge is 0.469 e. The zero-order valence-corrected chi connectivity index (χ0v) is 16.3. The summed E-state index contributed by atoms with van der Waals surface area (Å²) in [4.78, 5) is 6.54. The van der Waals surface area contributed by atoms with Crippen LogP contribution in [-0.2, 0) is 11.2 Å². The van der Waals surface area contributed by atoms with Gasteiger partial charge in [0.15, 0.2) is 5.96 Å². The Labute approximate surface area is 156 Å². The van der Waals surface area contributed by atoms with Crippen LogP contribution >= 0.6 is 0 Å². The fraction of sp³-hybridized carbons (Fsp3) is 0.737. The predicted molar refractivity (Wildman–Crippen MR) is 103 cm³/mol. The van der Waals surface area contributed by atoms with Gasteiger partial charge in [0.05, 0.1) is 24.5 Å². The number of furan rings is 1. The molecule has 1 aromatic heterocycles. The SMILES string of the molecule is CN(C)CC(C)(O)CN=C(NCCc1ccco1)NCC1CCCCO1. The lowest BCUT2D eigenvalue weighted by atomic mass is 10.1. The lowest BCUT2D eigenvalue weighted by molar-refractivity contribution is 0.0193. The van der Waals surface area contributed by atoms with E-state index in [1.54, 1.807) is 13.2 Å². The summed E-state index contributed by atoms with van der Waals surface area (Å²) in [5.74, 6) is 1.64. The number of aliphatic imine (C=N–C) groups is 1. The molecule has 7 nitrogen and oxygen atoms in total. The van der Waals surface area contributed by atoms with E-state index in [4.69, 9.17) is 9.15 Å². The molecule has 0 aliphatic carbocycles. The highest BCUT2D eigenvalue weighted by molar-refractivity contribution is 5.79. The second kappa shape index (κ2) is 10.5. The van der Waals surface area contributed by atoms with Crippen LogP contribution < -0.4 is 10.6 Å². The third kappa shape index (κ3) is 8.21. The van der Waals surface area contributed by atoms with Gasteiger partial charge in [-0.05, 0) is 52.4 Å². The van der Waals surface area contributed by atoms with Gasteiger partial charge in [0, 0.05) is 32.7 Å². The highest BCUT2D eigenvalue weighted by Gasteiger charge is 2.21. The number of guanidine groups is 1. The Morgan fingerprint density at radius 3 is 2.88 bits per heavy atom. The average molecular weight is 367 g/mol. The molecule has 7 heteroatoms. The fourth-order valence-corrected chi connectivity index (χ4v) is 3.09. The zero-order chi connectivity index (χ0) is 18.8. The number of hydrogen-bond acceptors (Lipinski definition) is 5. The van der Waals surface area contributed by atoms with Gasteiger partial charge in [-0.3, -0.25) is 4.99 Å². The van der Waals surface area contributed by atoms with Crippen LogP contribution in [0.5, 0.6) is 0 Å². The van der Waals surface area contributed by atoms with Crippen molar-refractivity contribution in [2.45, 2.75) is 44.3 Å². The number of ether oxygens (including phenoxy) is 1. The summed E-state index contributed by atoms with van der Waals surface area (Å²) in [6.07, 6.45) is 6.12. The number of nitrogens with zero attached hydrogens (tertiary/aromatic N) is 2. The van der Waals surface area contributed by atoms with Crippen molar-refractivity contribution in [1.82, 2.24) is 15.5 Å². The molecule has 1 saturated heterocycles. The maximum Gasteiger partial charge on any atom is 0.191 e. The summed E-state index contributed by atoms with van der Waals surface area (Å²) in [5, 5.41) is 17.2. The van der Waals surface area contributed by atoms with E-state index in [-0.39, 0.29) is 6.10 Å². The molecule has 1 fully saturated rings. The van der Waals surface area contributed by atoms with Gasteiger partial charge in [-0.1, -0.05) is 0 Å². The van der Waals surface area contributed by atoms with Crippen molar-refractivity contribution in [2.24, 2.45) is 4.99 Å².